The quantitative estimate of drug-likeness (QED) is 0.646. The van der Waals surface area contributed by atoms with Crippen molar-refractivity contribution in [1.82, 2.24) is 19.8 Å². The third-order valence-corrected chi connectivity index (χ3v) is 1.99. The molecule has 0 atom stereocenters. The Kier molecular flexibility index (Phi) is 2.24. The van der Waals surface area contributed by atoms with Gasteiger partial charge in [-0.2, -0.15) is 9.36 Å². The van der Waals surface area contributed by atoms with Crippen molar-refractivity contribution in [3.05, 3.63) is 40.3 Å². The van der Waals surface area contributed by atoms with Crippen molar-refractivity contribution in [2.24, 2.45) is 7.05 Å². The van der Waals surface area contributed by atoms with Gasteiger partial charge in [0.1, 0.15) is 0 Å². The van der Waals surface area contributed by atoms with Crippen molar-refractivity contribution in [3.63, 3.8) is 0 Å². The van der Waals surface area contributed by atoms with Crippen molar-refractivity contribution < 1.29 is 1.37 Å². The fourth-order valence-electron chi connectivity index (χ4n) is 1.25. The SMILES string of the molecule is [3H]c1c(C#CC)cccc1-n1nnn(C)c1=O. The fourth-order valence-corrected chi connectivity index (χ4v) is 1.25. The highest BCUT2D eigenvalue weighted by Crippen LogP contribution is 2.06. The van der Waals surface area contributed by atoms with Gasteiger partial charge in [0.15, 0.2) is 0 Å². The van der Waals surface area contributed by atoms with Crippen LogP contribution in [-0.4, -0.2) is 19.8 Å². The van der Waals surface area contributed by atoms with Gasteiger partial charge in [0.25, 0.3) is 0 Å². The summed E-state index contributed by atoms with van der Waals surface area (Å²) in [5.41, 5.74) is 0.547. The average Bonchev–Trinajstić information content (AvgIpc) is 2.64. The Hall–Kier alpha value is -2.35. The average molecular weight is 216 g/mol. The zero-order valence-corrected chi connectivity index (χ0v) is 8.93. The molecule has 0 spiro atoms. The monoisotopic (exact) mass is 216 g/mol. The molecule has 2 aromatic rings. The maximum Gasteiger partial charge on any atom is 0.368 e. The van der Waals surface area contributed by atoms with E-state index in [-0.39, 0.29) is 11.7 Å². The molecule has 0 saturated carbocycles. The molecule has 1 aromatic heterocycles. The number of hydrogen-bond acceptors (Lipinski definition) is 3. The standard InChI is InChI=1S/C11H10N4O/c1-3-5-9-6-4-7-10(8-9)15-11(16)14(2)12-13-15/h4,6-8H,1-2H3/i8T. The smallest absolute Gasteiger partial charge is 0.244 e. The Balaban J connectivity index is 2.67. The first kappa shape index (κ1) is 8.92. The highest BCUT2D eigenvalue weighted by molar-refractivity contribution is 5.42. The van der Waals surface area contributed by atoms with E-state index in [1.807, 2.05) is 0 Å². The number of hydrogen-bond donors (Lipinski definition) is 0. The lowest BCUT2D eigenvalue weighted by Gasteiger charge is -1.98. The molecule has 1 heterocycles. The molecule has 0 N–H and O–H groups in total. The van der Waals surface area contributed by atoms with Crippen molar-refractivity contribution in [2.75, 3.05) is 0 Å². The number of tetrazole rings is 1. The van der Waals surface area contributed by atoms with E-state index in [0.717, 1.165) is 9.36 Å². The van der Waals surface area contributed by atoms with Crippen LogP contribution in [0.2, 0.25) is 0 Å². The topological polar surface area (TPSA) is 52.7 Å². The third kappa shape index (κ3) is 1.73. The van der Waals surface area contributed by atoms with Gasteiger partial charge >= 0.3 is 5.69 Å². The summed E-state index contributed by atoms with van der Waals surface area (Å²) in [6, 6.07) is 5.27. The van der Waals surface area contributed by atoms with Gasteiger partial charge in [-0.15, -0.1) is 5.92 Å². The Labute approximate surface area is 93.7 Å². The minimum atomic E-state index is -0.389. The molecule has 0 fully saturated rings. The van der Waals surface area contributed by atoms with E-state index in [1.54, 1.807) is 25.1 Å². The Morgan fingerprint density at radius 1 is 1.44 bits per heavy atom. The molecule has 0 radical (unpaired) electrons. The summed E-state index contributed by atoms with van der Waals surface area (Å²) in [7, 11) is 1.51. The van der Waals surface area contributed by atoms with Gasteiger partial charge in [0.2, 0.25) is 0 Å². The number of aryl methyl sites for hydroxylation is 1. The summed E-state index contributed by atoms with van der Waals surface area (Å²) < 4.78 is 10.1. The summed E-state index contributed by atoms with van der Waals surface area (Å²) in [4.78, 5) is 11.7. The zero-order valence-electron chi connectivity index (χ0n) is 9.93. The van der Waals surface area contributed by atoms with Crippen LogP contribution in [0.4, 0.5) is 0 Å². The molecule has 1 aromatic carbocycles. The summed E-state index contributed by atoms with van der Waals surface area (Å²) in [6.45, 7) is 1.70. The summed E-state index contributed by atoms with van der Waals surface area (Å²) in [5.74, 6) is 5.53. The van der Waals surface area contributed by atoms with Crippen LogP contribution in [0, 0.1) is 11.8 Å². The maximum atomic E-state index is 11.7. The van der Waals surface area contributed by atoms with E-state index in [4.69, 9.17) is 1.37 Å². The number of rotatable bonds is 1. The molecule has 0 unspecified atom stereocenters. The maximum absolute atomic E-state index is 11.7. The van der Waals surface area contributed by atoms with Crippen LogP contribution in [0.25, 0.3) is 5.69 Å². The molecule has 5 nitrogen and oxygen atoms in total. The molecule has 0 bridgehead atoms. The molecule has 5 heteroatoms. The minimum absolute atomic E-state index is 0.171. The predicted octanol–water partition coefficient (Wildman–Crippen LogP) is 0.337. The van der Waals surface area contributed by atoms with Crippen LogP contribution in [0.5, 0.6) is 0 Å². The molecule has 0 saturated heterocycles. The summed E-state index contributed by atoms with van der Waals surface area (Å²) in [5, 5.41) is 7.30. The van der Waals surface area contributed by atoms with E-state index >= 15 is 0 Å². The molecule has 0 aliphatic carbocycles. The summed E-state index contributed by atoms with van der Waals surface area (Å²) in [6.07, 6.45) is 0. The zero-order chi connectivity index (χ0) is 12.4. The summed E-state index contributed by atoms with van der Waals surface area (Å²) >= 11 is 0. The number of benzene rings is 1. The molecule has 0 amide bonds. The second-order valence-electron chi connectivity index (χ2n) is 3.12. The van der Waals surface area contributed by atoms with E-state index in [0.29, 0.717) is 11.3 Å². The van der Waals surface area contributed by atoms with Gasteiger partial charge in [-0.3, -0.25) is 0 Å². The van der Waals surface area contributed by atoms with Crippen molar-refractivity contribution in [3.8, 4) is 17.5 Å². The van der Waals surface area contributed by atoms with Gasteiger partial charge in [-0.25, -0.2) is 4.79 Å². The number of nitrogens with zero attached hydrogens (tertiary/aromatic N) is 4. The van der Waals surface area contributed by atoms with E-state index in [2.05, 4.69) is 22.3 Å². The number of aromatic nitrogens is 4. The van der Waals surface area contributed by atoms with Crippen LogP contribution in [0.1, 0.15) is 13.9 Å². The lowest BCUT2D eigenvalue weighted by molar-refractivity contribution is 0.693. The van der Waals surface area contributed by atoms with Crippen molar-refractivity contribution >= 4 is 0 Å². The van der Waals surface area contributed by atoms with Gasteiger partial charge in [-0.1, -0.05) is 12.0 Å². The molecule has 0 aliphatic rings. The third-order valence-electron chi connectivity index (χ3n) is 1.99. The van der Waals surface area contributed by atoms with Crippen molar-refractivity contribution in [2.45, 2.75) is 6.92 Å². The van der Waals surface area contributed by atoms with Gasteiger partial charge in [0, 0.05) is 12.6 Å². The van der Waals surface area contributed by atoms with Crippen LogP contribution in [0.15, 0.2) is 29.0 Å². The normalized spacial score (nSPS) is 10.5. The highest BCUT2D eigenvalue weighted by atomic mass is 16.2. The minimum Gasteiger partial charge on any atom is -0.244 e. The lowest BCUT2D eigenvalue weighted by atomic mass is 10.2. The largest absolute Gasteiger partial charge is 0.368 e. The second kappa shape index (κ2) is 4.03. The Bertz CT molecular complexity index is 675. The van der Waals surface area contributed by atoms with E-state index in [9.17, 15) is 4.79 Å². The van der Waals surface area contributed by atoms with Crippen molar-refractivity contribution in [1.29, 1.82) is 0 Å². The molecule has 2 rings (SSSR count). The Morgan fingerprint density at radius 2 is 2.25 bits per heavy atom. The molecule has 80 valence electrons. The van der Waals surface area contributed by atoms with Crippen LogP contribution >= 0.6 is 0 Å². The fraction of sp³-hybridized carbons (Fsp3) is 0.182. The molecule has 0 aliphatic heterocycles. The first-order valence-electron chi connectivity index (χ1n) is 5.17. The first-order valence-corrected chi connectivity index (χ1v) is 4.67. The van der Waals surface area contributed by atoms with Gasteiger partial charge in [0.05, 0.1) is 7.06 Å². The highest BCUT2D eigenvalue weighted by Gasteiger charge is 2.05. The van der Waals surface area contributed by atoms with E-state index in [1.165, 1.54) is 7.05 Å². The van der Waals surface area contributed by atoms with Gasteiger partial charge < -0.3 is 0 Å². The Morgan fingerprint density at radius 3 is 2.88 bits per heavy atom. The second-order valence-corrected chi connectivity index (χ2v) is 3.12. The van der Waals surface area contributed by atoms with Crippen LogP contribution < -0.4 is 5.69 Å². The van der Waals surface area contributed by atoms with Crippen LogP contribution in [-0.2, 0) is 7.05 Å². The molecular weight excluding hydrogens is 204 g/mol. The van der Waals surface area contributed by atoms with Crippen LogP contribution in [0.3, 0.4) is 0 Å². The van der Waals surface area contributed by atoms with Gasteiger partial charge in [-0.05, 0) is 35.5 Å². The first-order chi connectivity index (χ1) is 8.15. The molecule has 16 heavy (non-hydrogen) atoms. The molecular formula is C11H10N4O. The van der Waals surface area contributed by atoms with E-state index < -0.39 is 0 Å². The lowest BCUT2D eigenvalue weighted by Crippen LogP contribution is -2.21. The predicted molar refractivity (Wildman–Crippen MR) is 59.2 cm³/mol.